The molecule has 0 aliphatic heterocycles. The molecule has 0 atom stereocenters. The lowest BCUT2D eigenvalue weighted by molar-refractivity contribution is 0.0690. The van der Waals surface area contributed by atoms with Crippen molar-refractivity contribution in [3.63, 3.8) is 0 Å². The Morgan fingerprint density at radius 2 is 2.32 bits per heavy atom. The summed E-state index contributed by atoms with van der Waals surface area (Å²) in [5.41, 5.74) is 2.03. The Labute approximate surface area is 110 Å². The van der Waals surface area contributed by atoms with Crippen molar-refractivity contribution < 1.29 is 14.3 Å². The number of anilines is 1. The van der Waals surface area contributed by atoms with Crippen molar-refractivity contribution in [2.75, 3.05) is 11.9 Å². The van der Waals surface area contributed by atoms with Crippen LogP contribution in [0, 0.1) is 13.8 Å². The van der Waals surface area contributed by atoms with Crippen LogP contribution in [0.3, 0.4) is 0 Å². The second-order valence-electron chi connectivity index (χ2n) is 4.27. The van der Waals surface area contributed by atoms with Gasteiger partial charge in [-0.1, -0.05) is 0 Å². The Morgan fingerprint density at radius 3 is 2.89 bits per heavy atom. The molecular formula is C12H16N4O3. The highest BCUT2D eigenvalue weighted by Gasteiger charge is 2.09. The van der Waals surface area contributed by atoms with Gasteiger partial charge in [-0.15, -0.1) is 0 Å². The van der Waals surface area contributed by atoms with E-state index in [0.717, 1.165) is 30.6 Å². The molecule has 0 bridgehead atoms. The molecule has 0 aliphatic rings. The van der Waals surface area contributed by atoms with Gasteiger partial charge in [-0.05, 0) is 26.3 Å². The van der Waals surface area contributed by atoms with Crippen LogP contribution in [0.2, 0.25) is 0 Å². The standard InChI is InChI=1S/C12H16N4O3/c1-8-6-9(2)16(15-8)5-3-4-13-12-14-10(7-19-12)11(17)18/h6-7H,3-5H2,1-2H3,(H,13,14)(H,17,18). The highest BCUT2D eigenvalue weighted by Crippen LogP contribution is 2.08. The number of rotatable bonds is 6. The van der Waals surface area contributed by atoms with Gasteiger partial charge >= 0.3 is 5.97 Å². The third-order valence-corrected chi connectivity index (χ3v) is 2.65. The van der Waals surface area contributed by atoms with Crippen LogP contribution in [-0.4, -0.2) is 32.4 Å². The number of carboxylic acid groups (broad SMARTS) is 1. The van der Waals surface area contributed by atoms with E-state index < -0.39 is 5.97 Å². The van der Waals surface area contributed by atoms with Crippen molar-refractivity contribution in [2.45, 2.75) is 26.8 Å². The summed E-state index contributed by atoms with van der Waals surface area (Å²) >= 11 is 0. The largest absolute Gasteiger partial charge is 0.476 e. The Morgan fingerprint density at radius 1 is 1.53 bits per heavy atom. The van der Waals surface area contributed by atoms with Crippen molar-refractivity contribution in [1.29, 1.82) is 0 Å². The van der Waals surface area contributed by atoms with Crippen LogP contribution >= 0.6 is 0 Å². The summed E-state index contributed by atoms with van der Waals surface area (Å²) in [6.07, 6.45) is 1.96. The number of oxazole rings is 1. The molecule has 102 valence electrons. The smallest absolute Gasteiger partial charge is 0.357 e. The van der Waals surface area contributed by atoms with Gasteiger partial charge < -0.3 is 14.8 Å². The molecule has 0 amide bonds. The fraction of sp³-hybridized carbons (Fsp3) is 0.417. The normalized spacial score (nSPS) is 10.6. The predicted molar refractivity (Wildman–Crippen MR) is 68.3 cm³/mol. The van der Waals surface area contributed by atoms with Gasteiger partial charge in [0.25, 0.3) is 6.01 Å². The SMILES string of the molecule is Cc1cc(C)n(CCCNc2nc(C(=O)O)co2)n1. The van der Waals surface area contributed by atoms with Crippen LogP contribution in [0.4, 0.5) is 6.01 Å². The Kier molecular flexibility index (Phi) is 3.84. The molecule has 2 heterocycles. The molecule has 19 heavy (non-hydrogen) atoms. The van der Waals surface area contributed by atoms with Crippen LogP contribution in [0.1, 0.15) is 28.3 Å². The Hall–Kier alpha value is -2.31. The fourth-order valence-electron chi connectivity index (χ4n) is 1.78. The zero-order valence-corrected chi connectivity index (χ0v) is 10.9. The van der Waals surface area contributed by atoms with Gasteiger partial charge in [-0.25, -0.2) is 4.79 Å². The van der Waals surface area contributed by atoms with Gasteiger partial charge in [0.1, 0.15) is 6.26 Å². The van der Waals surface area contributed by atoms with Gasteiger partial charge in [0.2, 0.25) is 0 Å². The first kappa shape index (κ1) is 13.1. The fourth-order valence-corrected chi connectivity index (χ4v) is 1.78. The Bertz CT molecular complexity index is 573. The number of carbonyl (C=O) groups is 1. The van der Waals surface area contributed by atoms with Crippen molar-refractivity contribution in [3.05, 3.63) is 29.4 Å². The molecule has 0 aromatic carbocycles. The molecule has 7 heteroatoms. The third kappa shape index (κ3) is 3.34. The monoisotopic (exact) mass is 264 g/mol. The quantitative estimate of drug-likeness (QED) is 0.771. The van der Waals surface area contributed by atoms with Crippen molar-refractivity contribution >= 4 is 12.0 Å². The average Bonchev–Trinajstić information content (AvgIpc) is 2.92. The molecule has 2 aromatic rings. The summed E-state index contributed by atoms with van der Waals surface area (Å²) in [6, 6.07) is 2.26. The topological polar surface area (TPSA) is 93.2 Å². The van der Waals surface area contributed by atoms with E-state index in [1.165, 1.54) is 0 Å². The second-order valence-corrected chi connectivity index (χ2v) is 4.27. The van der Waals surface area contributed by atoms with E-state index in [1.54, 1.807) is 0 Å². The zero-order valence-electron chi connectivity index (χ0n) is 10.9. The number of hydrogen-bond acceptors (Lipinski definition) is 5. The van der Waals surface area contributed by atoms with E-state index in [0.29, 0.717) is 6.54 Å². The van der Waals surface area contributed by atoms with Crippen LogP contribution < -0.4 is 5.32 Å². The van der Waals surface area contributed by atoms with Gasteiger partial charge in [0.05, 0.1) is 5.69 Å². The van der Waals surface area contributed by atoms with Crippen molar-refractivity contribution in [3.8, 4) is 0 Å². The summed E-state index contributed by atoms with van der Waals surface area (Å²) < 4.78 is 6.92. The first-order valence-electron chi connectivity index (χ1n) is 6.00. The minimum absolute atomic E-state index is 0.0963. The number of nitrogens with zero attached hydrogens (tertiary/aromatic N) is 3. The summed E-state index contributed by atoms with van der Waals surface area (Å²) in [5.74, 6) is -1.10. The van der Waals surface area contributed by atoms with E-state index in [2.05, 4.69) is 15.4 Å². The molecule has 2 rings (SSSR count). The van der Waals surface area contributed by atoms with Gasteiger partial charge in [0, 0.05) is 18.8 Å². The van der Waals surface area contributed by atoms with E-state index in [-0.39, 0.29) is 11.7 Å². The van der Waals surface area contributed by atoms with E-state index in [9.17, 15) is 4.79 Å². The molecule has 0 spiro atoms. The minimum Gasteiger partial charge on any atom is -0.476 e. The summed E-state index contributed by atoms with van der Waals surface area (Å²) in [6.45, 7) is 5.40. The van der Waals surface area contributed by atoms with Crippen LogP contribution in [0.5, 0.6) is 0 Å². The number of hydrogen-bond donors (Lipinski definition) is 2. The van der Waals surface area contributed by atoms with E-state index in [4.69, 9.17) is 9.52 Å². The lowest BCUT2D eigenvalue weighted by Gasteiger charge is -2.04. The first-order chi connectivity index (χ1) is 9.06. The van der Waals surface area contributed by atoms with E-state index >= 15 is 0 Å². The first-order valence-corrected chi connectivity index (χ1v) is 6.00. The highest BCUT2D eigenvalue weighted by atomic mass is 16.4. The van der Waals surface area contributed by atoms with Gasteiger partial charge in [-0.3, -0.25) is 4.68 Å². The molecule has 0 unspecified atom stereocenters. The van der Waals surface area contributed by atoms with Gasteiger partial charge in [-0.2, -0.15) is 10.1 Å². The lowest BCUT2D eigenvalue weighted by Crippen LogP contribution is -2.09. The number of aromatic carboxylic acids is 1. The molecule has 2 N–H and O–H groups in total. The second kappa shape index (κ2) is 5.55. The lowest BCUT2D eigenvalue weighted by atomic mass is 10.4. The highest BCUT2D eigenvalue weighted by molar-refractivity contribution is 5.85. The molecule has 7 nitrogen and oxygen atoms in total. The van der Waals surface area contributed by atoms with Crippen LogP contribution in [-0.2, 0) is 6.54 Å². The molecule has 2 aromatic heterocycles. The van der Waals surface area contributed by atoms with E-state index in [1.807, 2.05) is 24.6 Å². The summed E-state index contributed by atoms with van der Waals surface area (Å²) in [4.78, 5) is 14.4. The predicted octanol–water partition coefficient (Wildman–Crippen LogP) is 1.69. The van der Waals surface area contributed by atoms with Crippen LogP contribution in [0.15, 0.2) is 16.7 Å². The molecule has 0 fully saturated rings. The summed E-state index contributed by atoms with van der Waals surface area (Å²) in [7, 11) is 0. The number of aromatic nitrogens is 3. The number of nitrogens with one attached hydrogen (secondary N) is 1. The van der Waals surface area contributed by atoms with Gasteiger partial charge in [0.15, 0.2) is 5.69 Å². The molecule has 0 saturated carbocycles. The minimum atomic E-state index is -1.10. The maximum absolute atomic E-state index is 10.6. The maximum atomic E-state index is 10.6. The van der Waals surface area contributed by atoms with Crippen molar-refractivity contribution in [1.82, 2.24) is 14.8 Å². The summed E-state index contributed by atoms with van der Waals surface area (Å²) in [5, 5.41) is 16.0. The van der Waals surface area contributed by atoms with Crippen molar-refractivity contribution in [2.24, 2.45) is 0 Å². The molecule has 0 aliphatic carbocycles. The number of carboxylic acids is 1. The maximum Gasteiger partial charge on any atom is 0.357 e. The molecule has 0 radical (unpaired) electrons. The molecular weight excluding hydrogens is 248 g/mol. The molecule has 0 saturated heterocycles. The zero-order chi connectivity index (χ0) is 13.8. The average molecular weight is 264 g/mol. The third-order valence-electron chi connectivity index (χ3n) is 2.65. The number of aryl methyl sites for hydroxylation is 3. The Balaban J connectivity index is 1.77. The van der Waals surface area contributed by atoms with Crippen LogP contribution in [0.25, 0.3) is 0 Å².